The molecule has 2 heterocycles. The summed E-state index contributed by atoms with van der Waals surface area (Å²) in [5.41, 5.74) is 1.13. The number of aryl methyl sites for hydroxylation is 2. The lowest BCUT2D eigenvalue weighted by Crippen LogP contribution is -2.49. The summed E-state index contributed by atoms with van der Waals surface area (Å²) in [6.45, 7) is 11.8. The van der Waals surface area contributed by atoms with E-state index in [1.807, 2.05) is 7.05 Å². The fourth-order valence-electron chi connectivity index (χ4n) is 2.72. The highest BCUT2D eigenvalue weighted by Crippen LogP contribution is 2.16. The van der Waals surface area contributed by atoms with Gasteiger partial charge in [0.2, 0.25) is 0 Å². The van der Waals surface area contributed by atoms with E-state index < -0.39 is 0 Å². The summed E-state index contributed by atoms with van der Waals surface area (Å²) in [5, 5.41) is 8.04. The Hall–Kier alpha value is -0.410. The molecule has 0 amide bonds. The van der Waals surface area contributed by atoms with E-state index in [2.05, 4.69) is 53.2 Å². The number of hydrogen-bond donors (Lipinski definition) is 2. The van der Waals surface area contributed by atoms with Gasteiger partial charge in [-0.25, -0.2) is 4.98 Å². The molecule has 0 unspecified atom stereocenters. The Morgan fingerprint density at radius 1 is 1.35 bits per heavy atom. The Morgan fingerprint density at radius 2 is 2.00 bits per heavy atom. The van der Waals surface area contributed by atoms with Gasteiger partial charge in [-0.3, -0.25) is 4.99 Å². The molecule has 1 aliphatic rings. The minimum absolute atomic E-state index is 0. The molecule has 1 fully saturated rings. The predicted octanol–water partition coefficient (Wildman–Crippen LogP) is 2.92. The number of halogens is 1. The topological polar surface area (TPSA) is 52.6 Å². The van der Waals surface area contributed by atoms with Gasteiger partial charge in [-0.2, -0.15) is 0 Å². The van der Waals surface area contributed by atoms with E-state index in [-0.39, 0.29) is 24.0 Å². The van der Waals surface area contributed by atoms with Crippen LogP contribution in [0.4, 0.5) is 0 Å². The summed E-state index contributed by atoms with van der Waals surface area (Å²) in [7, 11) is 1.83. The molecule has 0 saturated carbocycles. The maximum Gasteiger partial charge on any atom is 0.191 e. The lowest BCUT2D eigenvalue weighted by Gasteiger charge is -2.35. The van der Waals surface area contributed by atoms with Crippen molar-refractivity contribution in [2.75, 3.05) is 20.1 Å². The van der Waals surface area contributed by atoms with Gasteiger partial charge in [0.05, 0.1) is 12.2 Å². The molecule has 5 nitrogen and oxygen atoms in total. The third kappa shape index (κ3) is 6.19. The molecular weight excluding hydrogens is 421 g/mol. The summed E-state index contributed by atoms with van der Waals surface area (Å²) >= 11 is 1.75. The van der Waals surface area contributed by atoms with Crippen LogP contribution in [0.1, 0.15) is 42.3 Å². The number of piperidine rings is 1. The monoisotopic (exact) mass is 451 g/mol. The van der Waals surface area contributed by atoms with E-state index in [1.54, 1.807) is 11.3 Å². The van der Waals surface area contributed by atoms with Crippen LogP contribution in [-0.4, -0.2) is 48.1 Å². The van der Waals surface area contributed by atoms with Gasteiger partial charge in [0.1, 0.15) is 5.01 Å². The molecule has 2 N–H and O–H groups in total. The quantitative estimate of drug-likeness (QED) is 0.420. The molecule has 0 bridgehead atoms. The normalized spacial score (nSPS) is 17.2. The van der Waals surface area contributed by atoms with Gasteiger partial charge in [-0.15, -0.1) is 35.3 Å². The molecule has 1 aromatic rings. The Kier molecular flexibility index (Phi) is 8.78. The molecular formula is C16H30IN5S. The molecule has 23 heavy (non-hydrogen) atoms. The largest absolute Gasteiger partial charge is 0.354 e. The first-order valence-corrected chi connectivity index (χ1v) is 8.95. The zero-order valence-electron chi connectivity index (χ0n) is 14.8. The lowest BCUT2D eigenvalue weighted by atomic mass is 10.0. The molecule has 1 aromatic heterocycles. The van der Waals surface area contributed by atoms with Crippen LogP contribution in [0, 0.1) is 13.8 Å². The minimum Gasteiger partial charge on any atom is -0.354 e. The number of guanidine groups is 1. The van der Waals surface area contributed by atoms with Crippen LogP contribution in [0.3, 0.4) is 0 Å². The first-order valence-electron chi connectivity index (χ1n) is 8.13. The highest BCUT2D eigenvalue weighted by Gasteiger charge is 2.21. The van der Waals surface area contributed by atoms with Crippen molar-refractivity contribution >= 4 is 41.3 Å². The van der Waals surface area contributed by atoms with Crippen LogP contribution in [0.25, 0.3) is 0 Å². The average Bonchev–Trinajstić information content (AvgIpc) is 2.82. The van der Waals surface area contributed by atoms with Crippen molar-refractivity contribution < 1.29 is 0 Å². The Bertz CT molecular complexity index is 487. The molecule has 1 saturated heterocycles. The first kappa shape index (κ1) is 20.6. The lowest BCUT2D eigenvalue weighted by molar-refractivity contribution is 0.167. The second-order valence-electron chi connectivity index (χ2n) is 6.22. The highest BCUT2D eigenvalue weighted by atomic mass is 127. The molecule has 0 radical (unpaired) electrons. The van der Waals surface area contributed by atoms with E-state index in [0.717, 1.165) is 36.3 Å². The average molecular weight is 451 g/mol. The standard InChI is InChI=1S/C16H29N5S.HI/c1-11(2)21-8-6-14(7-9-21)20-16(17-5)18-10-15-19-12(3)13(4)22-15;/h11,14H,6-10H2,1-5H3,(H2,17,18,20);1H. The summed E-state index contributed by atoms with van der Waals surface area (Å²) in [6, 6.07) is 1.16. The highest BCUT2D eigenvalue weighted by molar-refractivity contribution is 14.0. The summed E-state index contributed by atoms with van der Waals surface area (Å²) in [4.78, 5) is 12.7. The third-order valence-corrected chi connectivity index (χ3v) is 5.38. The van der Waals surface area contributed by atoms with Crippen LogP contribution in [0.2, 0.25) is 0 Å². The van der Waals surface area contributed by atoms with E-state index >= 15 is 0 Å². The van der Waals surface area contributed by atoms with E-state index in [9.17, 15) is 0 Å². The molecule has 132 valence electrons. The van der Waals surface area contributed by atoms with Crippen molar-refractivity contribution in [2.45, 2.75) is 59.2 Å². The molecule has 7 heteroatoms. The SMILES string of the molecule is CN=C(NCc1nc(C)c(C)s1)NC1CCN(C(C)C)CC1.I. The van der Waals surface area contributed by atoms with Crippen molar-refractivity contribution in [1.82, 2.24) is 20.5 Å². The van der Waals surface area contributed by atoms with Crippen molar-refractivity contribution in [2.24, 2.45) is 4.99 Å². The predicted molar refractivity (Wildman–Crippen MR) is 110 cm³/mol. The number of nitrogens with one attached hydrogen (secondary N) is 2. The molecule has 1 aliphatic heterocycles. The van der Waals surface area contributed by atoms with Crippen LogP contribution in [-0.2, 0) is 6.54 Å². The van der Waals surface area contributed by atoms with Gasteiger partial charge < -0.3 is 15.5 Å². The van der Waals surface area contributed by atoms with Gasteiger partial charge >= 0.3 is 0 Å². The Morgan fingerprint density at radius 3 is 2.48 bits per heavy atom. The van der Waals surface area contributed by atoms with E-state index in [4.69, 9.17) is 0 Å². The van der Waals surface area contributed by atoms with E-state index in [1.165, 1.54) is 17.7 Å². The van der Waals surface area contributed by atoms with Gasteiger partial charge in [-0.1, -0.05) is 0 Å². The fraction of sp³-hybridized carbons (Fsp3) is 0.750. The molecule has 0 spiro atoms. The maximum absolute atomic E-state index is 4.56. The van der Waals surface area contributed by atoms with Gasteiger partial charge in [0, 0.05) is 37.1 Å². The molecule has 0 atom stereocenters. The Labute approximate surface area is 161 Å². The second-order valence-corrected chi connectivity index (χ2v) is 7.51. The third-order valence-electron chi connectivity index (χ3n) is 4.30. The minimum atomic E-state index is 0. The molecule has 0 aromatic carbocycles. The number of thiazole rings is 1. The number of rotatable bonds is 4. The fourth-order valence-corrected chi connectivity index (χ4v) is 3.60. The number of hydrogen-bond acceptors (Lipinski definition) is 4. The van der Waals surface area contributed by atoms with E-state index in [0.29, 0.717) is 12.1 Å². The van der Waals surface area contributed by atoms with Crippen molar-refractivity contribution in [3.05, 3.63) is 15.6 Å². The first-order chi connectivity index (χ1) is 10.5. The summed E-state index contributed by atoms with van der Waals surface area (Å²) in [5.74, 6) is 0.883. The van der Waals surface area contributed by atoms with Crippen LogP contribution in [0.5, 0.6) is 0 Å². The number of likely N-dealkylation sites (tertiary alicyclic amines) is 1. The van der Waals surface area contributed by atoms with Gasteiger partial charge in [-0.05, 0) is 40.5 Å². The molecule has 2 rings (SSSR count). The number of nitrogens with zero attached hydrogens (tertiary/aromatic N) is 3. The van der Waals surface area contributed by atoms with Crippen LogP contribution >= 0.6 is 35.3 Å². The zero-order valence-corrected chi connectivity index (χ0v) is 18.0. The van der Waals surface area contributed by atoms with Crippen molar-refractivity contribution in [1.29, 1.82) is 0 Å². The van der Waals surface area contributed by atoms with Crippen molar-refractivity contribution in [3.63, 3.8) is 0 Å². The zero-order chi connectivity index (χ0) is 16.1. The van der Waals surface area contributed by atoms with Crippen molar-refractivity contribution in [3.8, 4) is 0 Å². The number of aliphatic imine (C=N–C) groups is 1. The number of aromatic nitrogens is 1. The summed E-state index contributed by atoms with van der Waals surface area (Å²) in [6.07, 6.45) is 2.35. The van der Waals surface area contributed by atoms with Gasteiger partial charge in [0.15, 0.2) is 5.96 Å². The maximum atomic E-state index is 4.56. The smallest absolute Gasteiger partial charge is 0.191 e. The summed E-state index contributed by atoms with van der Waals surface area (Å²) < 4.78 is 0. The molecule has 0 aliphatic carbocycles. The Balaban J connectivity index is 0.00000264. The van der Waals surface area contributed by atoms with Crippen LogP contribution < -0.4 is 10.6 Å². The van der Waals surface area contributed by atoms with Crippen LogP contribution in [0.15, 0.2) is 4.99 Å². The van der Waals surface area contributed by atoms with Gasteiger partial charge in [0.25, 0.3) is 0 Å². The second kappa shape index (κ2) is 9.78.